The van der Waals surface area contributed by atoms with Gasteiger partial charge in [0.2, 0.25) is 15.0 Å². The Morgan fingerprint density at radius 2 is 1.68 bits per heavy atom. The summed E-state index contributed by atoms with van der Waals surface area (Å²) < 4.78 is 38.5. The summed E-state index contributed by atoms with van der Waals surface area (Å²) in [4.78, 5) is 19.1. The summed E-state index contributed by atoms with van der Waals surface area (Å²) in [6.45, 7) is 3.46. The normalized spacial score (nSPS) is 11.5. The summed E-state index contributed by atoms with van der Waals surface area (Å²) in [5.41, 5.74) is 2.91. The van der Waals surface area contributed by atoms with Crippen LogP contribution in [0.15, 0.2) is 66.0 Å². The number of rotatable bonds is 12. The molecular formula is C25H31N3O5S. The molecule has 182 valence electrons. The van der Waals surface area contributed by atoms with Crippen LogP contribution >= 0.6 is 0 Å². The van der Waals surface area contributed by atoms with Crippen LogP contribution in [0.2, 0.25) is 0 Å². The maximum Gasteiger partial charge on any atom is 0.254 e. The van der Waals surface area contributed by atoms with Crippen molar-refractivity contribution in [2.75, 3.05) is 34.0 Å². The molecule has 0 fully saturated rings. The molecular weight excluding hydrogens is 454 g/mol. The Bertz CT molecular complexity index is 1180. The summed E-state index contributed by atoms with van der Waals surface area (Å²) in [6, 6.07) is 16.3. The molecule has 0 bridgehead atoms. The molecule has 8 nitrogen and oxygen atoms in total. The first-order chi connectivity index (χ1) is 16.4. The number of amides is 1. The van der Waals surface area contributed by atoms with Crippen molar-refractivity contribution in [3.8, 4) is 0 Å². The molecule has 0 atom stereocenters. The predicted molar refractivity (Wildman–Crippen MR) is 129 cm³/mol. The Morgan fingerprint density at radius 1 is 1.00 bits per heavy atom. The van der Waals surface area contributed by atoms with E-state index in [4.69, 9.17) is 9.47 Å². The minimum atomic E-state index is -3.72. The number of ether oxygens (including phenoxy) is 2. The molecule has 0 aliphatic carbocycles. The Morgan fingerprint density at radius 3 is 2.32 bits per heavy atom. The number of benzene rings is 2. The van der Waals surface area contributed by atoms with E-state index in [0.29, 0.717) is 43.1 Å². The average Bonchev–Trinajstić information content (AvgIpc) is 3.24. The van der Waals surface area contributed by atoms with Gasteiger partial charge >= 0.3 is 0 Å². The minimum absolute atomic E-state index is 0.0297. The van der Waals surface area contributed by atoms with Crippen molar-refractivity contribution in [2.24, 2.45) is 0 Å². The van der Waals surface area contributed by atoms with Gasteiger partial charge in [-0.2, -0.15) is 0 Å². The number of methoxy groups -OCH3 is 2. The molecule has 0 unspecified atom stereocenters. The molecule has 0 radical (unpaired) electrons. The molecule has 0 saturated carbocycles. The molecule has 0 aliphatic heterocycles. The van der Waals surface area contributed by atoms with E-state index in [-0.39, 0.29) is 23.4 Å². The van der Waals surface area contributed by atoms with Gasteiger partial charge in [0.25, 0.3) is 5.91 Å². The Kier molecular flexibility index (Phi) is 8.98. The number of nitrogens with zero attached hydrogens (tertiary/aromatic N) is 3. The monoisotopic (exact) mass is 485 g/mol. The lowest BCUT2D eigenvalue weighted by atomic mass is 10.1. The summed E-state index contributed by atoms with van der Waals surface area (Å²) in [7, 11) is -0.584. The van der Waals surface area contributed by atoms with Gasteiger partial charge in [0, 0.05) is 32.9 Å². The van der Waals surface area contributed by atoms with Gasteiger partial charge in [0.05, 0.1) is 37.4 Å². The standard InChI is InChI=1S/C25H31N3O5S/c1-20-9-11-22(12-10-20)24(29)27(13-15-32-2)18-23-17-26-25(28(23)14-16-33-3)34(30,31)19-21-7-5-4-6-8-21/h4-12,17H,13-16,18-19H2,1-3H3. The molecule has 0 aliphatic rings. The van der Waals surface area contributed by atoms with Gasteiger partial charge in [-0.3, -0.25) is 4.79 Å². The van der Waals surface area contributed by atoms with Crippen LogP contribution < -0.4 is 0 Å². The summed E-state index contributed by atoms with van der Waals surface area (Å²) in [5.74, 6) is -0.322. The highest BCUT2D eigenvalue weighted by molar-refractivity contribution is 7.90. The Labute approximate surface area is 201 Å². The number of carbonyl (C=O) groups excluding carboxylic acids is 1. The predicted octanol–water partition coefficient (Wildman–Crippen LogP) is 3.10. The highest BCUT2D eigenvalue weighted by Gasteiger charge is 2.26. The van der Waals surface area contributed by atoms with Crippen molar-refractivity contribution in [3.05, 3.63) is 83.2 Å². The Hall–Kier alpha value is -3.01. The molecule has 3 aromatic rings. The van der Waals surface area contributed by atoms with Gasteiger partial charge in [-0.05, 0) is 24.6 Å². The Balaban J connectivity index is 1.92. The molecule has 0 saturated heterocycles. The number of sulfone groups is 1. The number of carbonyl (C=O) groups is 1. The van der Waals surface area contributed by atoms with E-state index in [1.807, 2.05) is 25.1 Å². The number of aromatic nitrogens is 2. The third kappa shape index (κ3) is 6.53. The van der Waals surface area contributed by atoms with Gasteiger partial charge in [-0.1, -0.05) is 48.0 Å². The number of imidazole rings is 1. The van der Waals surface area contributed by atoms with Crippen LogP contribution in [0.3, 0.4) is 0 Å². The second-order valence-electron chi connectivity index (χ2n) is 8.01. The third-order valence-electron chi connectivity index (χ3n) is 5.40. The van der Waals surface area contributed by atoms with Crippen LogP contribution in [0.25, 0.3) is 0 Å². The molecule has 0 spiro atoms. The first-order valence-corrected chi connectivity index (χ1v) is 12.7. The van der Waals surface area contributed by atoms with Gasteiger partial charge in [0.15, 0.2) is 0 Å². The second kappa shape index (κ2) is 11.9. The molecule has 1 aromatic heterocycles. The van der Waals surface area contributed by atoms with Gasteiger partial charge in [-0.25, -0.2) is 13.4 Å². The van der Waals surface area contributed by atoms with Crippen LogP contribution in [0, 0.1) is 6.92 Å². The van der Waals surface area contributed by atoms with E-state index in [0.717, 1.165) is 5.56 Å². The van der Waals surface area contributed by atoms with Crippen LogP contribution in [0.4, 0.5) is 0 Å². The smallest absolute Gasteiger partial charge is 0.254 e. The zero-order valence-corrected chi connectivity index (χ0v) is 20.6. The molecule has 1 amide bonds. The highest BCUT2D eigenvalue weighted by atomic mass is 32.2. The van der Waals surface area contributed by atoms with Gasteiger partial charge in [0.1, 0.15) is 0 Å². The minimum Gasteiger partial charge on any atom is -0.383 e. The number of hydrogen-bond acceptors (Lipinski definition) is 6. The summed E-state index contributed by atoms with van der Waals surface area (Å²) in [6.07, 6.45) is 1.52. The molecule has 2 aromatic carbocycles. The van der Waals surface area contributed by atoms with Crippen LogP contribution in [-0.2, 0) is 38.2 Å². The van der Waals surface area contributed by atoms with Gasteiger partial charge in [-0.15, -0.1) is 0 Å². The zero-order chi connectivity index (χ0) is 24.6. The van der Waals surface area contributed by atoms with Crippen molar-refractivity contribution in [1.29, 1.82) is 0 Å². The van der Waals surface area contributed by atoms with Crippen molar-refractivity contribution in [2.45, 2.75) is 30.9 Å². The zero-order valence-electron chi connectivity index (χ0n) is 19.8. The maximum atomic E-state index is 13.2. The SMILES string of the molecule is COCCN(Cc1cnc(S(=O)(=O)Cc2ccccc2)n1CCOC)C(=O)c1ccc(C)cc1. The van der Waals surface area contributed by atoms with Crippen LogP contribution in [0.1, 0.15) is 27.2 Å². The molecule has 34 heavy (non-hydrogen) atoms. The van der Waals surface area contributed by atoms with Crippen molar-refractivity contribution < 1.29 is 22.7 Å². The highest BCUT2D eigenvalue weighted by Crippen LogP contribution is 2.20. The largest absolute Gasteiger partial charge is 0.383 e. The van der Waals surface area contributed by atoms with Crippen molar-refractivity contribution in [3.63, 3.8) is 0 Å². The number of hydrogen-bond donors (Lipinski definition) is 0. The fourth-order valence-electron chi connectivity index (χ4n) is 3.57. The fourth-order valence-corrected chi connectivity index (χ4v) is 5.09. The molecule has 1 heterocycles. The average molecular weight is 486 g/mol. The molecule has 0 N–H and O–H groups in total. The second-order valence-corrected chi connectivity index (χ2v) is 9.89. The van der Waals surface area contributed by atoms with Crippen LogP contribution in [0.5, 0.6) is 0 Å². The lowest BCUT2D eigenvalue weighted by Gasteiger charge is -2.23. The van der Waals surface area contributed by atoms with Crippen molar-refractivity contribution in [1.82, 2.24) is 14.5 Å². The van der Waals surface area contributed by atoms with Gasteiger partial charge < -0.3 is 18.9 Å². The van der Waals surface area contributed by atoms with E-state index < -0.39 is 9.84 Å². The van der Waals surface area contributed by atoms with E-state index in [2.05, 4.69) is 4.98 Å². The lowest BCUT2D eigenvalue weighted by Crippen LogP contribution is -2.34. The van der Waals surface area contributed by atoms with Crippen LogP contribution in [-0.4, -0.2) is 62.8 Å². The first-order valence-electron chi connectivity index (χ1n) is 11.0. The third-order valence-corrected chi connectivity index (χ3v) is 7.00. The molecule has 9 heteroatoms. The van der Waals surface area contributed by atoms with E-state index in [1.165, 1.54) is 6.20 Å². The first kappa shape index (κ1) is 25.6. The summed E-state index contributed by atoms with van der Waals surface area (Å²) in [5, 5.41) is -0.0297. The lowest BCUT2D eigenvalue weighted by molar-refractivity contribution is 0.0674. The topological polar surface area (TPSA) is 90.7 Å². The van der Waals surface area contributed by atoms with E-state index in [1.54, 1.807) is 60.1 Å². The van der Waals surface area contributed by atoms with E-state index in [9.17, 15) is 13.2 Å². The van der Waals surface area contributed by atoms with E-state index >= 15 is 0 Å². The quantitative estimate of drug-likeness (QED) is 0.392. The maximum absolute atomic E-state index is 13.2. The number of aryl methyl sites for hydroxylation is 1. The fraction of sp³-hybridized carbons (Fsp3) is 0.360. The molecule has 3 rings (SSSR count). The summed E-state index contributed by atoms with van der Waals surface area (Å²) >= 11 is 0. The van der Waals surface area contributed by atoms with Crippen molar-refractivity contribution >= 4 is 15.7 Å².